The molecule has 1 saturated heterocycles. The van der Waals surface area contributed by atoms with Gasteiger partial charge in [0.2, 0.25) is 0 Å². The van der Waals surface area contributed by atoms with E-state index in [0.29, 0.717) is 0 Å². The van der Waals surface area contributed by atoms with Crippen LogP contribution in [0, 0.1) is 5.41 Å². The molecule has 0 N–H and O–H groups in total. The van der Waals surface area contributed by atoms with Crippen LogP contribution < -0.4 is 5.46 Å². The lowest BCUT2D eigenvalue weighted by molar-refractivity contribution is 0.00578. The van der Waals surface area contributed by atoms with Crippen LogP contribution in [-0.4, -0.2) is 25.4 Å². The second-order valence-corrected chi connectivity index (χ2v) is 8.83. The first-order valence-electron chi connectivity index (χ1n) is 8.63. The normalized spacial score (nSPS) is 19.9. The van der Waals surface area contributed by atoms with Gasteiger partial charge in [-0.1, -0.05) is 39.0 Å². The molecule has 1 aliphatic heterocycles. The predicted octanol–water partition coefficient (Wildman–Crippen LogP) is 4.19. The van der Waals surface area contributed by atoms with Crippen molar-refractivity contribution in [3.8, 4) is 0 Å². The van der Waals surface area contributed by atoms with E-state index in [9.17, 15) is 0 Å². The highest BCUT2D eigenvalue weighted by molar-refractivity contribution is 6.63. The van der Waals surface area contributed by atoms with Gasteiger partial charge in [-0.05, 0) is 62.2 Å². The molecule has 0 atom stereocenters. The quantitative estimate of drug-likeness (QED) is 0.612. The van der Waals surface area contributed by atoms with Crippen LogP contribution >= 0.6 is 0 Å². The fourth-order valence-electron chi connectivity index (χ4n) is 2.82. The SMILES string of the molecule is COC=Cc1cc(CC(C)(C)C)ccc1B1OC(C)(C)C(C)(C)O1. The molecule has 1 heterocycles. The van der Waals surface area contributed by atoms with Crippen molar-refractivity contribution in [3.05, 3.63) is 35.6 Å². The molecule has 2 rings (SSSR count). The van der Waals surface area contributed by atoms with Crippen LogP contribution in [0.4, 0.5) is 0 Å². The van der Waals surface area contributed by atoms with Gasteiger partial charge in [-0.2, -0.15) is 0 Å². The van der Waals surface area contributed by atoms with Crippen molar-refractivity contribution in [1.82, 2.24) is 0 Å². The Balaban J connectivity index is 2.38. The lowest BCUT2D eigenvalue weighted by Crippen LogP contribution is -2.41. The summed E-state index contributed by atoms with van der Waals surface area (Å²) in [7, 11) is 1.29. The summed E-state index contributed by atoms with van der Waals surface area (Å²) < 4.78 is 17.6. The number of hydrogen-bond acceptors (Lipinski definition) is 3. The van der Waals surface area contributed by atoms with Gasteiger partial charge in [0.25, 0.3) is 0 Å². The molecule has 3 nitrogen and oxygen atoms in total. The van der Waals surface area contributed by atoms with Crippen molar-refractivity contribution in [3.63, 3.8) is 0 Å². The van der Waals surface area contributed by atoms with Crippen LogP contribution in [0.5, 0.6) is 0 Å². The molecular formula is C20H31BO3. The molecular weight excluding hydrogens is 299 g/mol. The highest BCUT2D eigenvalue weighted by atomic mass is 16.7. The smallest absolute Gasteiger partial charge is 0.495 e. The zero-order valence-electron chi connectivity index (χ0n) is 16.4. The Bertz CT molecular complexity index is 596. The van der Waals surface area contributed by atoms with E-state index in [1.54, 1.807) is 13.4 Å². The first kappa shape index (κ1) is 19.1. The highest BCUT2D eigenvalue weighted by Gasteiger charge is 2.52. The number of benzene rings is 1. The summed E-state index contributed by atoms with van der Waals surface area (Å²) in [5.41, 5.74) is 2.98. The van der Waals surface area contributed by atoms with Crippen molar-refractivity contribution in [1.29, 1.82) is 0 Å². The summed E-state index contributed by atoms with van der Waals surface area (Å²) >= 11 is 0. The molecule has 0 radical (unpaired) electrons. The molecule has 0 spiro atoms. The molecule has 0 bridgehead atoms. The summed E-state index contributed by atoms with van der Waals surface area (Å²) in [5, 5.41) is 0. The second-order valence-electron chi connectivity index (χ2n) is 8.83. The van der Waals surface area contributed by atoms with Crippen LogP contribution in [0.2, 0.25) is 0 Å². The first-order chi connectivity index (χ1) is 11.0. The molecule has 0 aromatic heterocycles. The van der Waals surface area contributed by atoms with Gasteiger partial charge in [0.05, 0.1) is 24.6 Å². The van der Waals surface area contributed by atoms with Crippen LogP contribution in [0.3, 0.4) is 0 Å². The Kier molecular flexibility index (Phi) is 5.22. The molecule has 1 aromatic carbocycles. The third-order valence-corrected chi connectivity index (χ3v) is 4.78. The van der Waals surface area contributed by atoms with E-state index >= 15 is 0 Å². The fraction of sp³-hybridized carbons (Fsp3) is 0.600. The predicted molar refractivity (Wildman–Crippen MR) is 101 cm³/mol. The van der Waals surface area contributed by atoms with E-state index in [0.717, 1.165) is 17.4 Å². The molecule has 0 saturated carbocycles. The number of rotatable bonds is 4. The van der Waals surface area contributed by atoms with Gasteiger partial charge >= 0.3 is 7.12 Å². The average molecular weight is 330 g/mol. The maximum Gasteiger partial charge on any atom is 0.495 e. The van der Waals surface area contributed by atoms with Gasteiger partial charge in [-0.15, -0.1) is 0 Å². The molecule has 1 aliphatic rings. The number of ether oxygens (including phenoxy) is 1. The Morgan fingerprint density at radius 2 is 1.67 bits per heavy atom. The van der Waals surface area contributed by atoms with Gasteiger partial charge in [0.1, 0.15) is 0 Å². The van der Waals surface area contributed by atoms with E-state index in [4.69, 9.17) is 14.0 Å². The van der Waals surface area contributed by atoms with Gasteiger partial charge < -0.3 is 14.0 Å². The van der Waals surface area contributed by atoms with E-state index in [-0.39, 0.29) is 23.7 Å². The monoisotopic (exact) mass is 330 g/mol. The third-order valence-electron chi connectivity index (χ3n) is 4.78. The van der Waals surface area contributed by atoms with E-state index in [1.807, 2.05) is 6.08 Å². The lowest BCUT2D eigenvalue weighted by Gasteiger charge is -2.32. The van der Waals surface area contributed by atoms with Gasteiger partial charge in [0.15, 0.2) is 0 Å². The summed E-state index contributed by atoms with van der Waals surface area (Å²) in [6.45, 7) is 15.0. The molecule has 4 heteroatoms. The van der Waals surface area contributed by atoms with E-state index in [1.165, 1.54) is 5.56 Å². The van der Waals surface area contributed by atoms with Crippen LogP contribution in [0.1, 0.15) is 59.6 Å². The standard InChI is InChI=1S/C20H31BO3/c1-18(2,3)14-15-9-10-17(16(13-15)11-12-22-8)21-23-19(4,5)20(6,7)24-21/h9-13H,14H2,1-8H3. The largest absolute Gasteiger partial charge is 0.504 e. The molecule has 0 aliphatic carbocycles. The Morgan fingerprint density at radius 1 is 1.08 bits per heavy atom. The summed E-state index contributed by atoms with van der Waals surface area (Å²) in [6, 6.07) is 6.51. The minimum absolute atomic E-state index is 0.244. The number of methoxy groups -OCH3 is 1. The summed E-state index contributed by atoms with van der Waals surface area (Å²) in [4.78, 5) is 0. The van der Waals surface area contributed by atoms with Crippen LogP contribution in [0.15, 0.2) is 24.5 Å². The highest BCUT2D eigenvalue weighted by Crippen LogP contribution is 2.37. The number of hydrogen-bond donors (Lipinski definition) is 0. The van der Waals surface area contributed by atoms with Crippen LogP contribution in [0.25, 0.3) is 6.08 Å². The third kappa shape index (κ3) is 4.23. The Labute approximate surface area is 147 Å². The van der Waals surface area contributed by atoms with Gasteiger partial charge in [-0.25, -0.2) is 0 Å². The molecule has 0 unspecified atom stereocenters. The van der Waals surface area contributed by atoms with Crippen molar-refractivity contribution in [2.24, 2.45) is 5.41 Å². The summed E-state index contributed by atoms with van der Waals surface area (Å²) in [5.74, 6) is 0. The van der Waals surface area contributed by atoms with Crippen molar-refractivity contribution < 1.29 is 14.0 Å². The van der Waals surface area contributed by atoms with Gasteiger partial charge in [-0.3, -0.25) is 0 Å². The lowest BCUT2D eigenvalue weighted by atomic mass is 9.74. The first-order valence-corrected chi connectivity index (χ1v) is 8.63. The van der Waals surface area contributed by atoms with Crippen molar-refractivity contribution in [2.75, 3.05) is 7.11 Å². The zero-order valence-corrected chi connectivity index (χ0v) is 16.4. The maximum absolute atomic E-state index is 6.21. The molecule has 1 fully saturated rings. The minimum Gasteiger partial charge on any atom is -0.504 e. The van der Waals surface area contributed by atoms with Gasteiger partial charge in [0, 0.05) is 0 Å². The van der Waals surface area contributed by atoms with Crippen LogP contribution in [-0.2, 0) is 20.5 Å². The van der Waals surface area contributed by atoms with Crippen molar-refractivity contribution in [2.45, 2.75) is 66.1 Å². The maximum atomic E-state index is 6.21. The molecule has 1 aromatic rings. The molecule has 0 amide bonds. The minimum atomic E-state index is -0.366. The summed E-state index contributed by atoms with van der Waals surface area (Å²) in [6.07, 6.45) is 4.70. The van der Waals surface area contributed by atoms with E-state index < -0.39 is 0 Å². The zero-order chi connectivity index (χ0) is 18.2. The average Bonchev–Trinajstić information content (AvgIpc) is 2.63. The topological polar surface area (TPSA) is 27.7 Å². The Hall–Kier alpha value is -1.26. The van der Waals surface area contributed by atoms with E-state index in [2.05, 4.69) is 66.7 Å². The molecule has 24 heavy (non-hydrogen) atoms. The molecule has 132 valence electrons. The van der Waals surface area contributed by atoms with Crippen molar-refractivity contribution >= 4 is 18.7 Å². The second kappa shape index (κ2) is 6.57. The Morgan fingerprint density at radius 3 is 2.17 bits per heavy atom. The fourth-order valence-corrected chi connectivity index (χ4v) is 2.82.